The number of anilines is 2. The van der Waals surface area contributed by atoms with Gasteiger partial charge in [-0.2, -0.15) is 0 Å². The lowest BCUT2D eigenvalue weighted by molar-refractivity contribution is 0.253. The van der Waals surface area contributed by atoms with Gasteiger partial charge >= 0.3 is 0 Å². The summed E-state index contributed by atoms with van der Waals surface area (Å²) in [5.41, 5.74) is 7.49. The van der Waals surface area contributed by atoms with Gasteiger partial charge in [0.15, 0.2) is 0 Å². The number of rotatable bonds is 2. The van der Waals surface area contributed by atoms with Crippen molar-refractivity contribution in [3.8, 4) is 0 Å². The van der Waals surface area contributed by atoms with Gasteiger partial charge in [-0.25, -0.2) is 0 Å². The van der Waals surface area contributed by atoms with Gasteiger partial charge in [-0.3, -0.25) is 4.98 Å². The molecule has 0 aromatic carbocycles. The first kappa shape index (κ1) is 11.2. The van der Waals surface area contributed by atoms with Crippen LogP contribution in [-0.2, 0) is 0 Å². The molecule has 3 atom stereocenters. The van der Waals surface area contributed by atoms with E-state index in [-0.39, 0.29) is 0 Å². The van der Waals surface area contributed by atoms with E-state index in [4.69, 9.17) is 5.73 Å². The minimum absolute atomic E-state index is 0.562. The molecule has 1 heterocycles. The summed E-state index contributed by atoms with van der Waals surface area (Å²) < 4.78 is 0. The fraction of sp³-hybridized carbons (Fsp3) is 0.615. The summed E-state index contributed by atoms with van der Waals surface area (Å²) in [6, 6.07) is 2.52. The molecule has 1 fully saturated rings. The average molecular weight is 219 g/mol. The Bertz CT molecular complexity index is 351. The van der Waals surface area contributed by atoms with Crippen LogP contribution in [0.15, 0.2) is 18.5 Å². The Hall–Kier alpha value is -1.25. The second-order valence-corrected chi connectivity index (χ2v) is 5.03. The van der Waals surface area contributed by atoms with E-state index in [9.17, 15) is 0 Å². The Morgan fingerprint density at radius 2 is 2.12 bits per heavy atom. The van der Waals surface area contributed by atoms with E-state index in [1.807, 2.05) is 12.3 Å². The third-order valence-corrected chi connectivity index (χ3v) is 3.82. The zero-order chi connectivity index (χ0) is 11.5. The largest absolute Gasteiger partial charge is 0.397 e. The predicted molar refractivity (Wildman–Crippen MR) is 68.2 cm³/mol. The maximum absolute atomic E-state index is 5.72. The molecular weight excluding hydrogens is 198 g/mol. The van der Waals surface area contributed by atoms with Crippen molar-refractivity contribution < 1.29 is 0 Å². The standard InChI is InChI=1S/C13H21N3/c1-9-4-3-5-13(10(9)2)16-12-6-11(14)7-15-8-12/h6-10,13,16H,3-5,14H2,1-2H3. The van der Waals surface area contributed by atoms with E-state index >= 15 is 0 Å². The molecule has 0 radical (unpaired) electrons. The maximum atomic E-state index is 5.72. The van der Waals surface area contributed by atoms with Gasteiger partial charge in [-0.15, -0.1) is 0 Å². The van der Waals surface area contributed by atoms with Crippen LogP contribution in [0.1, 0.15) is 33.1 Å². The topological polar surface area (TPSA) is 50.9 Å². The van der Waals surface area contributed by atoms with Gasteiger partial charge in [-0.1, -0.05) is 26.7 Å². The highest BCUT2D eigenvalue weighted by Gasteiger charge is 2.26. The smallest absolute Gasteiger partial charge is 0.0549 e. The highest BCUT2D eigenvalue weighted by Crippen LogP contribution is 2.31. The van der Waals surface area contributed by atoms with Crippen LogP contribution in [0.2, 0.25) is 0 Å². The molecule has 0 amide bonds. The second kappa shape index (κ2) is 4.73. The average Bonchev–Trinajstić information content (AvgIpc) is 2.25. The van der Waals surface area contributed by atoms with Gasteiger partial charge in [0, 0.05) is 12.2 Å². The summed E-state index contributed by atoms with van der Waals surface area (Å²) in [6.07, 6.45) is 7.45. The van der Waals surface area contributed by atoms with Crippen molar-refractivity contribution in [3.05, 3.63) is 18.5 Å². The molecule has 0 bridgehead atoms. The predicted octanol–water partition coefficient (Wildman–Crippen LogP) is 2.90. The van der Waals surface area contributed by atoms with Crippen LogP contribution in [0, 0.1) is 11.8 Å². The van der Waals surface area contributed by atoms with E-state index in [1.165, 1.54) is 19.3 Å². The van der Waals surface area contributed by atoms with Gasteiger partial charge < -0.3 is 11.1 Å². The summed E-state index contributed by atoms with van der Waals surface area (Å²) in [7, 11) is 0. The fourth-order valence-electron chi connectivity index (χ4n) is 2.54. The molecule has 1 saturated carbocycles. The van der Waals surface area contributed by atoms with E-state index in [0.29, 0.717) is 6.04 Å². The van der Waals surface area contributed by atoms with Gasteiger partial charge in [-0.05, 0) is 24.3 Å². The van der Waals surface area contributed by atoms with Crippen molar-refractivity contribution in [2.75, 3.05) is 11.1 Å². The number of hydrogen-bond donors (Lipinski definition) is 2. The molecule has 1 aliphatic rings. The summed E-state index contributed by atoms with van der Waals surface area (Å²) in [6.45, 7) is 4.68. The number of pyridine rings is 1. The van der Waals surface area contributed by atoms with E-state index < -0.39 is 0 Å². The van der Waals surface area contributed by atoms with Gasteiger partial charge in [0.05, 0.1) is 17.6 Å². The Labute approximate surface area is 97.5 Å². The number of nitrogen functional groups attached to an aromatic ring is 1. The van der Waals surface area contributed by atoms with Crippen molar-refractivity contribution in [2.24, 2.45) is 11.8 Å². The Morgan fingerprint density at radius 3 is 2.88 bits per heavy atom. The number of hydrogen-bond acceptors (Lipinski definition) is 3. The zero-order valence-electron chi connectivity index (χ0n) is 10.1. The first-order valence-corrected chi connectivity index (χ1v) is 6.14. The molecule has 3 unspecified atom stereocenters. The van der Waals surface area contributed by atoms with E-state index in [2.05, 4.69) is 24.1 Å². The summed E-state index contributed by atoms with van der Waals surface area (Å²) >= 11 is 0. The van der Waals surface area contributed by atoms with Crippen LogP contribution in [-0.4, -0.2) is 11.0 Å². The molecule has 0 aliphatic heterocycles. The fourth-order valence-corrected chi connectivity index (χ4v) is 2.54. The highest BCUT2D eigenvalue weighted by molar-refractivity contribution is 5.51. The van der Waals surface area contributed by atoms with Crippen LogP contribution in [0.5, 0.6) is 0 Å². The number of nitrogens with zero attached hydrogens (tertiary/aromatic N) is 1. The Kier molecular flexibility index (Phi) is 3.32. The van der Waals surface area contributed by atoms with E-state index in [0.717, 1.165) is 23.2 Å². The molecule has 2 rings (SSSR count). The molecule has 1 aromatic rings. The minimum atomic E-state index is 0.562. The molecule has 3 N–H and O–H groups in total. The summed E-state index contributed by atoms with van der Waals surface area (Å²) in [5, 5.41) is 3.56. The molecule has 3 heteroatoms. The second-order valence-electron chi connectivity index (χ2n) is 5.03. The van der Waals surface area contributed by atoms with Crippen molar-refractivity contribution >= 4 is 11.4 Å². The van der Waals surface area contributed by atoms with Crippen LogP contribution >= 0.6 is 0 Å². The normalized spacial score (nSPS) is 30.0. The molecule has 1 aliphatic carbocycles. The summed E-state index contributed by atoms with van der Waals surface area (Å²) in [4.78, 5) is 4.11. The molecule has 16 heavy (non-hydrogen) atoms. The lowest BCUT2D eigenvalue weighted by Crippen LogP contribution is -2.35. The van der Waals surface area contributed by atoms with Gasteiger partial charge in [0.1, 0.15) is 0 Å². The van der Waals surface area contributed by atoms with Gasteiger partial charge in [0.25, 0.3) is 0 Å². The lowest BCUT2D eigenvalue weighted by atomic mass is 9.78. The molecule has 88 valence electrons. The zero-order valence-corrected chi connectivity index (χ0v) is 10.1. The first-order chi connectivity index (χ1) is 7.66. The molecule has 1 aromatic heterocycles. The van der Waals surface area contributed by atoms with Crippen molar-refractivity contribution in [2.45, 2.75) is 39.2 Å². The van der Waals surface area contributed by atoms with Crippen LogP contribution in [0.3, 0.4) is 0 Å². The van der Waals surface area contributed by atoms with Crippen LogP contribution in [0.4, 0.5) is 11.4 Å². The van der Waals surface area contributed by atoms with Gasteiger partial charge in [0.2, 0.25) is 0 Å². The molecular formula is C13H21N3. The van der Waals surface area contributed by atoms with Crippen molar-refractivity contribution in [3.63, 3.8) is 0 Å². The lowest BCUT2D eigenvalue weighted by Gasteiger charge is -2.35. The Morgan fingerprint density at radius 1 is 1.31 bits per heavy atom. The highest BCUT2D eigenvalue weighted by atomic mass is 14.9. The molecule has 0 spiro atoms. The molecule has 3 nitrogen and oxygen atoms in total. The van der Waals surface area contributed by atoms with Crippen molar-refractivity contribution in [1.29, 1.82) is 0 Å². The number of nitrogens with two attached hydrogens (primary N) is 1. The number of aromatic nitrogens is 1. The third kappa shape index (κ3) is 2.46. The monoisotopic (exact) mass is 219 g/mol. The van der Waals surface area contributed by atoms with E-state index in [1.54, 1.807) is 6.20 Å². The van der Waals surface area contributed by atoms with Crippen LogP contribution < -0.4 is 11.1 Å². The quantitative estimate of drug-likeness (QED) is 0.804. The Balaban J connectivity index is 2.03. The van der Waals surface area contributed by atoms with Crippen molar-refractivity contribution in [1.82, 2.24) is 4.98 Å². The SMILES string of the molecule is CC1CCCC(Nc2cncc(N)c2)C1C. The third-order valence-electron chi connectivity index (χ3n) is 3.82. The molecule has 0 saturated heterocycles. The minimum Gasteiger partial charge on any atom is -0.397 e. The first-order valence-electron chi connectivity index (χ1n) is 6.14. The number of nitrogens with one attached hydrogen (secondary N) is 1. The maximum Gasteiger partial charge on any atom is 0.0549 e. The van der Waals surface area contributed by atoms with Crippen LogP contribution in [0.25, 0.3) is 0 Å². The summed E-state index contributed by atoms with van der Waals surface area (Å²) in [5.74, 6) is 1.52.